The number of nitrogens with one attached hydrogen (secondary N) is 1. The summed E-state index contributed by atoms with van der Waals surface area (Å²) in [6.45, 7) is 4.67. The number of pyridine rings is 1. The summed E-state index contributed by atoms with van der Waals surface area (Å²) in [6.07, 6.45) is 6.95. The maximum Gasteiger partial charge on any atom is 0.0791 e. The Morgan fingerprint density at radius 2 is 2.22 bits per heavy atom. The molecule has 100 valence electrons. The molecule has 1 fully saturated rings. The number of aliphatic hydroxyl groups is 1. The van der Waals surface area contributed by atoms with Crippen molar-refractivity contribution < 1.29 is 5.11 Å². The first-order chi connectivity index (χ1) is 8.84. The third-order valence-electron chi connectivity index (χ3n) is 3.36. The minimum atomic E-state index is -0.253. The molecule has 0 saturated carbocycles. The van der Waals surface area contributed by atoms with Gasteiger partial charge in [-0.3, -0.25) is 4.98 Å². The number of hydrogen-bond acceptors (Lipinski definition) is 4. The maximum atomic E-state index is 9.89. The Balaban J connectivity index is 1.54. The second-order valence-electron chi connectivity index (χ2n) is 4.98. The summed E-state index contributed by atoms with van der Waals surface area (Å²) in [7, 11) is 0. The van der Waals surface area contributed by atoms with Gasteiger partial charge in [-0.25, -0.2) is 0 Å². The van der Waals surface area contributed by atoms with Crippen LogP contribution in [0.2, 0.25) is 0 Å². The van der Waals surface area contributed by atoms with Gasteiger partial charge in [0.15, 0.2) is 0 Å². The molecule has 1 aliphatic rings. The summed E-state index contributed by atoms with van der Waals surface area (Å²) in [5.41, 5.74) is 1.24. The fourth-order valence-corrected chi connectivity index (χ4v) is 2.38. The van der Waals surface area contributed by atoms with E-state index in [9.17, 15) is 5.11 Å². The quantitative estimate of drug-likeness (QED) is 0.697. The molecule has 1 aliphatic heterocycles. The topological polar surface area (TPSA) is 48.4 Å². The lowest BCUT2D eigenvalue weighted by Gasteiger charge is -2.19. The van der Waals surface area contributed by atoms with E-state index < -0.39 is 0 Å². The number of aromatic nitrogens is 1. The molecule has 0 spiro atoms. The van der Waals surface area contributed by atoms with Crippen molar-refractivity contribution in [3.63, 3.8) is 0 Å². The second kappa shape index (κ2) is 7.46. The molecular weight excluding hydrogens is 226 g/mol. The fraction of sp³-hybridized carbons (Fsp3) is 0.643. The largest absolute Gasteiger partial charge is 0.390 e. The average molecular weight is 249 g/mol. The molecule has 1 atom stereocenters. The van der Waals surface area contributed by atoms with Crippen LogP contribution in [0.25, 0.3) is 0 Å². The number of β-amino-alcohol motifs (C(OH)–C–C–N with tert-alkyl or cyclic N) is 1. The van der Waals surface area contributed by atoms with Crippen LogP contribution in [0.15, 0.2) is 24.5 Å². The average Bonchev–Trinajstić information content (AvgIpc) is 2.89. The SMILES string of the molecule is OC(CNCCc1cccnc1)CN1CCCC1. The van der Waals surface area contributed by atoms with Crippen LogP contribution in [0.3, 0.4) is 0 Å². The van der Waals surface area contributed by atoms with Gasteiger partial charge < -0.3 is 15.3 Å². The van der Waals surface area contributed by atoms with Crippen molar-refractivity contribution in [2.75, 3.05) is 32.7 Å². The molecule has 0 radical (unpaired) electrons. The Bertz CT molecular complexity index is 325. The van der Waals surface area contributed by atoms with Crippen LogP contribution < -0.4 is 5.32 Å². The first-order valence-corrected chi connectivity index (χ1v) is 6.84. The highest BCUT2D eigenvalue weighted by atomic mass is 16.3. The van der Waals surface area contributed by atoms with Crippen molar-refractivity contribution >= 4 is 0 Å². The van der Waals surface area contributed by atoms with Crippen molar-refractivity contribution in [1.29, 1.82) is 0 Å². The van der Waals surface area contributed by atoms with Crippen molar-refractivity contribution in [2.24, 2.45) is 0 Å². The molecule has 1 saturated heterocycles. The summed E-state index contributed by atoms with van der Waals surface area (Å²) in [5.74, 6) is 0. The number of aliphatic hydroxyl groups excluding tert-OH is 1. The summed E-state index contributed by atoms with van der Waals surface area (Å²) in [4.78, 5) is 6.42. The molecule has 0 amide bonds. The van der Waals surface area contributed by atoms with E-state index in [1.165, 1.54) is 18.4 Å². The molecule has 1 aromatic heterocycles. The summed E-state index contributed by atoms with van der Waals surface area (Å²) in [5, 5.41) is 13.2. The Morgan fingerprint density at radius 1 is 1.39 bits per heavy atom. The number of hydrogen-bond donors (Lipinski definition) is 2. The van der Waals surface area contributed by atoms with Gasteiger partial charge in [-0.05, 0) is 50.5 Å². The fourth-order valence-electron chi connectivity index (χ4n) is 2.38. The first-order valence-electron chi connectivity index (χ1n) is 6.84. The normalized spacial score (nSPS) is 18.1. The lowest BCUT2D eigenvalue weighted by atomic mass is 10.2. The number of likely N-dealkylation sites (tertiary alicyclic amines) is 1. The Morgan fingerprint density at radius 3 is 2.94 bits per heavy atom. The molecular formula is C14H23N3O. The first kappa shape index (κ1) is 13.5. The summed E-state index contributed by atoms with van der Waals surface area (Å²) < 4.78 is 0. The molecule has 0 aliphatic carbocycles. The van der Waals surface area contributed by atoms with Gasteiger partial charge >= 0.3 is 0 Å². The Labute approximate surface area is 109 Å². The zero-order valence-electron chi connectivity index (χ0n) is 10.9. The second-order valence-corrected chi connectivity index (χ2v) is 4.98. The van der Waals surface area contributed by atoms with Gasteiger partial charge in [0, 0.05) is 25.5 Å². The van der Waals surface area contributed by atoms with Crippen molar-refractivity contribution in [3.05, 3.63) is 30.1 Å². The molecule has 18 heavy (non-hydrogen) atoms. The highest BCUT2D eigenvalue weighted by Crippen LogP contribution is 2.07. The molecule has 0 aromatic carbocycles. The van der Waals surface area contributed by atoms with E-state index in [4.69, 9.17) is 0 Å². The molecule has 1 aromatic rings. The van der Waals surface area contributed by atoms with E-state index in [0.29, 0.717) is 6.54 Å². The number of rotatable bonds is 7. The highest BCUT2D eigenvalue weighted by Gasteiger charge is 2.15. The minimum Gasteiger partial charge on any atom is -0.390 e. The monoisotopic (exact) mass is 249 g/mol. The van der Waals surface area contributed by atoms with Crippen molar-refractivity contribution in [1.82, 2.24) is 15.2 Å². The molecule has 0 bridgehead atoms. The molecule has 4 nitrogen and oxygen atoms in total. The van der Waals surface area contributed by atoms with Gasteiger partial charge in [0.2, 0.25) is 0 Å². The number of nitrogens with zero attached hydrogens (tertiary/aromatic N) is 2. The van der Waals surface area contributed by atoms with Crippen LogP contribution in [0.5, 0.6) is 0 Å². The molecule has 2 rings (SSSR count). The molecule has 4 heteroatoms. The third-order valence-corrected chi connectivity index (χ3v) is 3.36. The van der Waals surface area contributed by atoms with E-state index in [-0.39, 0.29) is 6.10 Å². The van der Waals surface area contributed by atoms with E-state index in [1.807, 2.05) is 12.3 Å². The van der Waals surface area contributed by atoms with Crippen LogP contribution in [-0.4, -0.2) is 53.8 Å². The van der Waals surface area contributed by atoms with Crippen LogP contribution >= 0.6 is 0 Å². The predicted octanol–water partition coefficient (Wildman–Crippen LogP) is 0.670. The van der Waals surface area contributed by atoms with Gasteiger partial charge in [0.05, 0.1) is 6.10 Å². The zero-order chi connectivity index (χ0) is 12.6. The standard InChI is InChI=1S/C14H23N3O/c18-14(12-17-8-1-2-9-17)11-16-7-5-13-4-3-6-15-10-13/h3-4,6,10,14,16,18H,1-2,5,7-9,11-12H2. The highest BCUT2D eigenvalue weighted by molar-refractivity contribution is 5.08. The third kappa shape index (κ3) is 4.72. The van der Waals surface area contributed by atoms with E-state index >= 15 is 0 Å². The van der Waals surface area contributed by atoms with E-state index in [2.05, 4.69) is 21.3 Å². The van der Waals surface area contributed by atoms with E-state index in [1.54, 1.807) is 6.20 Å². The van der Waals surface area contributed by atoms with Crippen LogP contribution in [0, 0.1) is 0 Å². The molecule has 2 heterocycles. The van der Waals surface area contributed by atoms with Crippen LogP contribution in [-0.2, 0) is 6.42 Å². The summed E-state index contributed by atoms with van der Waals surface area (Å²) in [6, 6.07) is 4.03. The predicted molar refractivity (Wildman–Crippen MR) is 72.5 cm³/mol. The lowest BCUT2D eigenvalue weighted by Crippen LogP contribution is -2.37. The Kier molecular flexibility index (Phi) is 5.58. The van der Waals surface area contributed by atoms with Gasteiger partial charge in [-0.15, -0.1) is 0 Å². The van der Waals surface area contributed by atoms with Gasteiger partial charge in [0.1, 0.15) is 0 Å². The molecule has 2 N–H and O–H groups in total. The van der Waals surface area contributed by atoms with Crippen molar-refractivity contribution in [3.8, 4) is 0 Å². The van der Waals surface area contributed by atoms with Gasteiger partial charge in [-0.1, -0.05) is 6.07 Å². The van der Waals surface area contributed by atoms with Crippen LogP contribution in [0.1, 0.15) is 18.4 Å². The van der Waals surface area contributed by atoms with Crippen molar-refractivity contribution in [2.45, 2.75) is 25.4 Å². The molecule has 1 unspecified atom stereocenters. The van der Waals surface area contributed by atoms with Gasteiger partial charge in [0.25, 0.3) is 0 Å². The minimum absolute atomic E-state index is 0.253. The summed E-state index contributed by atoms with van der Waals surface area (Å²) >= 11 is 0. The zero-order valence-corrected chi connectivity index (χ0v) is 10.9. The van der Waals surface area contributed by atoms with Crippen LogP contribution in [0.4, 0.5) is 0 Å². The van der Waals surface area contributed by atoms with Gasteiger partial charge in [-0.2, -0.15) is 0 Å². The lowest BCUT2D eigenvalue weighted by molar-refractivity contribution is 0.124. The smallest absolute Gasteiger partial charge is 0.0791 e. The maximum absolute atomic E-state index is 9.89. The van der Waals surface area contributed by atoms with E-state index in [0.717, 1.165) is 32.6 Å². The Hall–Kier alpha value is -0.970.